The Morgan fingerprint density at radius 1 is 1.30 bits per heavy atom. The molecule has 0 spiro atoms. The summed E-state index contributed by atoms with van der Waals surface area (Å²) in [5, 5.41) is 3.23. The molecule has 0 unspecified atom stereocenters. The molecular weight excluding hydrogens is 414 g/mol. The van der Waals surface area contributed by atoms with Crippen LogP contribution in [-0.4, -0.2) is 42.0 Å². The second-order valence-corrected chi connectivity index (χ2v) is 8.15. The van der Waals surface area contributed by atoms with E-state index < -0.39 is 11.8 Å². The Morgan fingerprint density at radius 2 is 2.10 bits per heavy atom. The molecule has 0 aromatic carbocycles. The highest BCUT2D eigenvalue weighted by Crippen LogP contribution is 2.44. The van der Waals surface area contributed by atoms with Crippen LogP contribution in [0.25, 0.3) is 0 Å². The molecule has 1 aliphatic carbocycles. The Labute approximate surface area is 178 Å². The second-order valence-electron chi connectivity index (χ2n) is 7.74. The highest BCUT2D eigenvalue weighted by Gasteiger charge is 2.35. The first-order chi connectivity index (χ1) is 14.4. The minimum Gasteiger partial charge on any atom is -0.481 e. The van der Waals surface area contributed by atoms with Gasteiger partial charge in [0.15, 0.2) is 0 Å². The molecule has 9 heteroatoms. The van der Waals surface area contributed by atoms with E-state index in [0.717, 1.165) is 18.5 Å². The van der Waals surface area contributed by atoms with Crippen molar-refractivity contribution in [3.63, 3.8) is 0 Å². The van der Waals surface area contributed by atoms with E-state index in [-0.39, 0.29) is 30.9 Å². The Bertz CT molecular complexity index is 953. The number of nitrogens with one attached hydrogen (secondary N) is 1. The minimum atomic E-state index is -2.70. The number of carbonyl (C=O) groups is 1. The fraction of sp³-hybridized carbons (Fsp3) is 0.476. The van der Waals surface area contributed by atoms with Gasteiger partial charge in [0.1, 0.15) is 5.82 Å². The van der Waals surface area contributed by atoms with Crippen molar-refractivity contribution >= 4 is 29.0 Å². The summed E-state index contributed by atoms with van der Waals surface area (Å²) in [6.07, 6.45) is 3.41. The summed E-state index contributed by atoms with van der Waals surface area (Å²) >= 11 is 6.44. The smallest absolute Gasteiger partial charge is 0.259 e. The fourth-order valence-corrected chi connectivity index (χ4v) is 3.92. The van der Waals surface area contributed by atoms with Gasteiger partial charge in [-0.2, -0.15) is 0 Å². The molecule has 4 rings (SSSR count). The number of amides is 1. The van der Waals surface area contributed by atoms with E-state index in [2.05, 4.69) is 10.3 Å². The van der Waals surface area contributed by atoms with Crippen molar-refractivity contribution in [3.8, 4) is 5.88 Å². The van der Waals surface area contributed by atoms with Crippen LogP contribution in [0.1, 0.15) is 54.1 Å². The van der Waals surface area contributed by atoms with Crippen molar-refractivity contribution in [2.24, 2.45) is 0 Å². The van der Waals surface area contributed by atoms with E-state index in [1.165, 1.54) is 13.3 Å². The van der Waals surface area contributed by atoms with Crippen LogP contribution in [0.3, 0.4) is 0 Å². The first-order valence-electron chi connectivity index (χ1n) is 10.0. The quantitative estimate of drug-likeness (QED) is 0.722. The first-order valence-corrected chi connectivity index (χ1v) is 10.4. The van der Waals surface area contributed by atoms with Gasteiger partial charge < -0.3 is 15.0 Å². The lowest BCUT2D eigenvalue weighted by Crippen LogP contribution is -2.29. The van der Waals surface area contributed by atoms with Crippen LogP contribution in [0.4, 0.5) is 20.3 Å². The predicted molar refractivity (Wildman–Crippen MR) is 111 cm³/mol. The molecule has 6 nitrogen and oxygen atoms in total. The second kappa shape index (κ2) is 8.34. The van der Waals surface area contributed by atoms with Gasteiger partial charge in [-0.25, -0.2) is 18.7 Å². The average Bonchev–Trinajstić information content (AvgIpc) is 3.56. The Kier molecular flexibility index (Phi) is 5.77. The Morgan fingerprint density at radius 3 is 2.83 bits per heavy atom. The van der Waals surface area contributed by atoms with E-state index in [0.29, 0.717) is 35.4 Å². The number of nitrogens with zero attached hydrogens (tertiary/aromatic N) is 3. The number of methoxy groups -OCH3 is 1. The summed E-state index contributed by atoms with van der Waals surface area (Å²) in [5.41, 5.74) is 1.51. The molecular formula is C21H23ClF2N4O2. The number of anilines is 2. The maximum Gasteiger partial charge on any atom is 0.259 e. The largest absolute Gasteiger partial charge is 0.481 e. The van der Waals surface area contributed by atoms with Gasteiger partial charge in [0.2, 0.25) is 11.8 Å². The van der Waals surface area contributed by atoms with E-state index in [1.54, 1.807) is 23.1 Å². The van der Waals surface area contributed by atoms with Gasteiger partial charge in [-0.15, -0.1) is 0 Å². The number of halogens is 3. The SMILES string of the molecule is COc1cc(NC(=O)c2cc(Cl)c(C3CC3)nc2N2CCCC(F)(F)CC2)ccn1. The summed E-state index contributed by atoms with van der Waals surface area (Å²) in [4.78, 5) is 23.6. The summed E-state index contributed by atoms with van der Waals surface area (Å²) in [7, 11) is 1.49. The lowest BCUT2D eigenvalue weighted by atomic mass is 10.1. The number of rotatable bonds is 5. The first kappa shape index (κ1) is 20.8. The molecule has 2 fully saturated rings. The van der Waals surface area contributed by atoms with Crippen LogP contribution >= 0.6 is 11.6 Å². The molecule has 2 aromatic rings. The van der Waals surface area contributed by atoms with Crippen molar-refractivity contribution in [2.45, 2.75) is 43.9 Å². The summed E-state index contributed by atoms with van der Waals surface area (Å²) in [5.74, 6) is -2.06. The summed E-state index contributed by atoms with van der Waals surface area (Å²) in [6.45, 7) is 0.548. The molecule has 160 valence electrons. The Balaban J connectivity index is 1.67. The van der Waals surface area contributed by atoms with Crippen LogP contribution in [0, 0.1) is 0 Å². The molecule has 1 saturated carbocycles. The average molecular weight is 437 g/mol. The standard InChI is InChI=1S/C21H23ClF2N4O2/c1-30-17-11-14(5-8-25-17)26-20(29)15-12-16(22)18(13-3-4-13)27-19(15)28-9-2-6-21(23,24)7-10-28/h5,8,11-13H,2-4,6-7,9-10H2,1H3,(H,25,26,29). The number of alkyl halides is 2. The molecule has 2 aliphatic rings. The fourth-order valence-electron chi connectivity index (χ4n) is 3.62. The summed E-state index contributed by atoms with van der Waals surface area (Å²) in [6, 6.07) is 4.84. The molecule has 0 atom stereocenters. The zero-order valence-corrected chi connectivity index (χ0v) is 17.4. The monoisotopic (exact) mass is 436 g/mol. The van der Waals surface area contributed by atoms with E-state index in [9.17, 15) is 13.6 Å². The van der Waals surface area contributed by atoms with Crippen LogP contribution in [0.2, 0.25) is 5.02 Å². The molecule has 0 bridgehead atoms. The number of hydrogen-bond acceptors (Lipinski definition) is 5. The zero-order valence-electron chi connectivity index (χ0n) is 16.6. The topological polar surface area (TPSA) is 67.3 Å². The molecule has 1 aliphatic heterocycles. The third kappa shape index (κ3) is 4.64. The van der Waals surface area contributed by atoms with Crippen molar-refractivity contribution in [2.75, 3.05) is 30.4 Å². The van der Waals surface area contributed by atoms with E-state index in [4.69, 9.17) is 21.3 Å². The normalized spacial score (nSPS) is 18.6. The van der Waals surface area contributed by atoms with E-state index in [1.807, 2.05) is 0 Å². The van der Waals surface area contributed by atoms with Crippen molar-refractivity contribution in [1.82, 2.24) is 9.97 Å². The van der Waals surface area contributed by atoms with E-state index >= 15 is 0 Å². The van der Waals surface area contributed by atoms with Crippen molar-refractivity contribution in [3.05, 3.63) is 40.7 Å². The maximum atomic E-state index is 13.9. The minimum absolute atomic E-state index is 0.134. The van der Waals surface area contributed by atoms with Gasteiger partial charge in [0, 0.05) is 49.8 Å². The van der Waals surface area contributed by atoms with Gasteiger partial charge in [0.05, 0.1) is 23.4 Å². The van der Waals surface area contributed by atoms with Crippen LogP contribution < -0.4 is 15.0 Å². The van der Waals surface area contributed by atoms with Crippen LogP contribution in [0.15, 0.2) is 24.4 Å². The van der Waals surface area contributed by atoms with Crippen molar-refractivity contribution in [1.29, 1.82) is 0 Å². The number of ether oxygens (including phenoxy) is 1. The molecule has 2 aromatic heterocycles. The number of carbonyl (C=O) groups excluding carboxylic acids is 1. The molecule has 0 radical (unpaired) electrons. The van der Waals surface area contributed by atoms with Crippen LogP contribution in [0.5, 0.6) is 5.88 Å². The molecule has 1 N–H and O–H groups in total. The van der Waals surface area contributed by atoms with Crippen molar-refractivity contribution < 1.29 is 18.3 Å². The third-order valence-corrected chi connectivity index (χ3v) is 5.71. The summed E-state index contributed by atoms with van der Waals surface area (Å²) < 4.78 is 32.9. The zero-order chi connectivity index (χ0) is 21.3. The number of aromatic nitrogens is 2. The van der Waals surface area contributed by atoms with Gasteiger partial charge in [0.25, 0.3) is 5.91 Å². The highest BCUT2D eigenvalue weighted by molar-refractivity contribution is 6.32. The highest BCUT2D eigenvalue weighted by atomic mass is 35.5. The predicted octanol–water partition coefficient (Wildman–Crippen LogP) is 4.89. The van der Waals surface area contributed by atoms with Gasteiger partial charge in [-0.1, -0.05) is 11.6 Å². The maximum absolute atomic E-state index is 13.9. The number of hydrogen-bond donors (Lipinski definition) is 1. The van der Waals surface area contributed by atoms with Crippen LogP contribution in [-0.2, 0) is 0 Å². The molecule has 1 amide bonds. The lowest BCUT2D eigenvalue weighted by molar-refractivity contribution is -0.0102. The van der Waals surface area contributed by atoms with Gasteiger partial charge in [-0.05, 0) is 31.4 Å². The van der Waals surface area contributed by atoms with Gasteiger partial charge in [-0.3, -0.25) is 4.79 Å². The molecule has 1 saturated heterocycles. The molecule has 3 heterocycles. The molecule has 30 heavy (non-hydrogen) atoms. The lowest BCUT2D eigenvalue weighted by Gasteiger charge is -2.25. The number of pyridine rings is 2. The van der Waals surface area contributed by atoms with Gasteiger partial charge >= 0.3 is 0 Å². The third-order valence-electron chi connectivity index (χ3n) is 5.41. The Hall–Kier alpha value is -2.48.